The smallest absolute Gasteiger partial charge is 0.126 e. The summed E-state index contributed by atoms with van der Waals surface area (Å²) in [5.41, 5.74) is 0. The Bertz CT molecular complexity index is 222. The van der Waals surface area contributed by atoms with E-state index in [0.717, 1.165) is 12.4 Å². The highest BCUT2D eigenvalue weighted by molar-refractivity contribution is 9.09. The average Bonchev–Trinajstić information content (AvgIpc) is 2.35. The van der Waals surface area contributed by atoms with Crippen molar-refractivity contribution in [1.82, 2.24) is 9.78 Å². The molecule has 0 saturated heterocycles. The summed E-state index contributed by atoms with van der Waals surface area (Å²) in [5.74, 6) is 1.09. The minimum absolute atomic E-state index is 0. The topological polar surface area (TPSA) is 29.9 Å². The molecule has 2 rings (SSSR count). The number of nitrogens with zero attached hydrogens (tertiary/aromatic N) is 2. The van der Waals surface area contributed by atoms with Gasteiger partial charge in [-0.3, -0.25) is 0 Å². The molecule has 1 aromatic rings. The number of anilines is 1. The molecule has 1 N–H and O–H groups in total. The molecule has 1 aromatic heterocycles. The van der Waals surface area contributed by atoms with Crippen LogP contribution in [0.25, 0.3) is 0 Å². The molecule has 1 aliphatic rings. The van der Waals surface area contributed by atoms with Crippen LogP contribution in [0.15, 0.2) is 12.3 Å². The first-order chi connectivity index (χ1) is 4.38. The molecule has 3 nitrogen and oxygen atoms in total. The standard InChI is InChI=1S/C5H6BrN3.BrH/c6-4-3-7-5-1-2-8-9(4)5;/h1-2,4,7H,3H2;1H. The summed E-state index contributed by atoms with van der Waals surface area (Å²) in [5, 5.41) is 7.27. The summed E-state index contributed by atoms with van der Waals surface area (Å²) in [4.78, 5) is 0.336. The summed E-state index contributed by atoms with van der Waals surface area (Å²) in [6, 6.07) is 1.96. The van der Waals surface area contributed by atoms with Crippen molar-refractivity contribution < 1.29 is 0 Å². The van der Waals surface area contributed by atoms with E-state index < -0.39 is 0 Å². The molecule has 0 aromatic carbocycles. The van der Waals surface area contributed by atoms with E-state index in [9.17, 15) is 0 Å². The molecular formula is C5H7Br2N3. The first-order valence-electron chi connectivity index (χ1n) is 2.79. The molecule has 2 heterocycles. The van der Waals surface area contributed by atoms with Crippen LogP contribution in [-0.4, -0.2) is 16.3 Å². The predicted molar refractivity (Wildman–Crippen MR) is 49.0 cm³/mol. The molecule has 0 bridgehead atoms. The van der Waals surface area contributed by atoms with Crippen LogP contribution in [0, 0.1) is 0 Å². The molecule has 0 amide bonds. The minimum atomic E-state index is 0. The lowest BCUT2D eigenvalue weighted by molar-refractivity contribution is 0.689. The van der Waals surface area contributed by atoms with Crippen molar-refractivity contribution >= 4 is 38.7 Å². The predicted octanol–water partition coefficient (Wildman–Crippen LogP) is 1.78. The van der Waals surface area contributed by atoms with E-state index in [2.05, 4.69) is 26.3 Å². The Morgan fingerprint density at radius 2 is 2.60 bits per heavy atom. The van der Waals surface area contributed by atoms with E-state index in [1.807, 2.05) is 10.7 Å². The molecule has 1 unspecified atom stereocenters. The van der Waals surface area contributed by atoms with Crippen molar-refractivity contribution in [2.24, 2.45) is 0 Å². The molecule has 56 valence electrons. The zero-order valence-electron chi connectivity index (χ0n) is 5.12. The second-order valence-electron chi connectivity index (χ2n) is 1.98. The molecule has 0 saturated carbocycles. The Hall–Kier alpha value is -0.0300. The van der Waals surface area contributed by atoms with Crippen LogP contribution in [0.5, 0.6) is 0 Å². The van der Waals surface area contributed by atoms with Crippen LogP contribution in [-0.2, 0) is 0 Å². The fourth-order valence-corrected chi connectivity index (χ4v) is 1.44. The van der Waals surface area contributed by atoms with Crippen LogP contribution < -0.4 is 5.32 Å². The third-order valence-corrected chi connectivity index (χ3v) is 2.10. The lowest BCUT2D eigenvalue weighted by atomic mass is 10.6. The zero-order valence-corrected chi connectivity index (χ0v) is 8.42. The molecule has 0 aliphatic carbocycles. The van der Waals surface area contributed by atoms with E-state index in [4.69, 9.17) is 0 Å². The first-order valence-corrected chi connectivity index (χ1v) is 3.71. The monoisotopic (exact) mass is 267 g/mol. The number of nitrogens with one attached hydrogen (secondary N) is 1. The number of hydrogen-bond acceptors (Lipinski definition) is 2. The molecule has 1 atom stereocenters. The third-order valence-electron chi connectivity index (χ3n) is 1.39. The molecule has 0 radical (unpaired) electrons. The summed E-state index contributed by atoms with van der Waals surface area (Å²) in [6.45, 7) is 0.934. The summed E-state index contributed by atoms with van der Waals surface area (Å²) in [6.07, 6.45) is 1.79. The van der Waals surface area contributed by atoms with E-state index in [1.165, 1.54) is 0 Å². The van der Waals surface area contributed by atoms with Crippen molar-refractivity contribution in [3.8, 4) is 0 Å². The number of halogens is 2. The molecule has 0 fully saturated rings. The van der Waals surface area contributed by atoms with Crippen molar-refractivity contribution in [1.29, 1.82) is 0 Å². The van der Waals surface area contributed by atoms with E-state index in [1.54, 1.807) is 6.20 Å². The molecule has 1 aliphatic heterocycles. The zero-order chi connectivity index (χ0) is 6.27. The largest absolute Gasteiger partial charge is 0.367 e. The Morgan fingerprint density at radius 3 is 3.30 bits per heavy atom. The fourth-order valence-electron chi connectivity index (χ4n) is 0.953. The highest BCUT2D eigenvalue weighted by atomic mass is 79.9. The van der Waals surface area contributed by atoms with Gasteiger partial charge in [0.05, 0.1) is 6.20 Å². The third kappa shape index (κ3) is 1.08. The van der Waals surface area contributed by atoms with E-state index in [0.29, 0.717) is 4.95 Å². The number of alkyl halides is 1. The second kappa shape index (κ2) is 2.92. The van der Waals surface area contributed by atoms with Crippen LogP contribution >= 0.6 is 32.9 Å². The Morgan fingerprint density at radius 1 is 1.80 bits per heavy atom. The maximum atomic E-state index is 4.09. The molecular weight excluding hydrogens is 262 g/mol. The number of fused-ring (bicyclic) bond motifs is 1. The first kappa shape index (κ1) is 8.07. The quantitative estimate of drug-likeness (QED) is 0.727. The van der Waals surface area contributed by atoms with Gasteiger partial charge in [0.25, 0.3) is 0 Å². The SMILES string of the molecule is Br.BrC1CNc2ccnn21. The molecule has 0 spiro atoms. The van der Waals surface area contributed by atoms with Gasteiger partial charge < -0.3 is 5.32 Å². The normalized spacial score (nSPS) is 21.1. The summed E-state index contributed by atoms with van der Waals surface area (Å²) in [7, 11) is 0. The van der Waals surface area contributed by atoms with Crippen LogP contribution in [0.4, 0.5) is 5.82 Å². The maximum Gasteiger partial charge on any atom is 0.126 e. The van der Waals surface area contributed by atoms with Gasteiger partial charge in [-0.2, -0.15) is 5.10 Å². The minimum Gasteiger partial charge on any atom is -0.367 e. The highest BCUT2D eigenvalue weighted by Crippen LogP contribution is 2.25. The average molecular weight is 269 g/mol. The number of rotatable bonds is 0. The van der Waals surface area contributed by atoms with Crippen LogP contribution in [0.1, 0.15) is 4.95 Å². The van der Waals surface area contributed by atoms with Gasteiger partial charge in [-0.05, 0) is 0 Å². The van der Waals surface area contributed by atoms with Gasteiger partial charge in [-0.1, -0.05) is 15.9 Å². The van der Waals surface area contributed by atoms with E-state index in [-0.39, 0.29) is 17.0 Å². The van der Waals surface area contributed by atoms with Crippen molar-refractivity contribution in [3.05, 3.63) is 12.3 Å². The van der Waals surface area contributed by atoms with Gasteiger partial charge in [0.1, 0.15) is 10.8 Å². The molecule has 5 heteroatoms. The van der Waals surface area contributed by atoms with Crippen molar-refractivity contribution in [2.45, 2.75) is 4.95 Å². The summed E-state index contributed by atoms with van der Waals surface area (Å²) < 4.78 is 1.92. The van der Waals surface area contributed by atoms with Crippen molar-refractivity contribution in [3.63, 3.8) is 0 Å². The lowest BCUT2D eigenvalue weighted by Crippen LogP contribution is -1.99. The molecule has 10 heavy (non-hydrogen) atoms. The highest BCUT2D eigenvalue weighted by Gasteiger charge is 2.17. The van der Waals surface area contributed by atoms with Crippen molar-refractivity contribution in [2.75, 3.05) is 11.9 Å². The van der Waals surface area contributed by atoms with Gasteiger partial charge in [0.2, 0.25) is 0 Å². The Labute approximate surface area is 77.7 Å². The van der Waals surface area contributed by atoms with Crippen LogP contribution in [0.2, 0.25) is 0 Å². The fraction of sp³-hybridized carbons (Fsp3) is 0.400. The summed E-state index contributed by atoms with van der Waals surface area (Å²) >= 11 is 3.45. The van der Waals surface area contributed by atoms with Gasteiger partial charge in [0.15, 0.2) is 0 Å². The number of hydrogen-bond donors (Lipinski definition) is 1. The Kier molecular flexibility index (Phi) is 2.36. The second-order valence-corrected chi connectivity index (χ2v) is 3.03. The lowest BCUT2D eigenvalue weighted by Gasteiger charge is -1.96. The number of aromatic nitrogens is 2. The van der Waals surface area contributed by atoms with Crippen LogP contribution in [0.3, 0.4) is 0 Å². The van der Waals surface area contributed by atoms with Gasteiger partial charge in [-0.25, -0.2) is 4.68 Å². The van der Waals surface area contributed by atoms with Gasteiger partial charge >= 0.3 is 0 Å². The Balaban J connectivity index is 0.000000500. The van der Waals surface area contributed by atoms with E-state index >= 15 is 0 Å². The van der Waals surface area contributed by atoms with Gasteiger partial charge in [0, 0.05) is 12.6 Å². The maximum absolute atomic E-state index is 4.09. The van der Waals surface area contributed by atoms with Gasteiger partial charge in [-0.15, -0.1) is 17.0 Å².